The molecule has 0 spiro atoms. The van der Waals surface area contributed by atoms with Crippen LogP contribution in [0.2, 0.25) is 0 Å². The standard InChI is InChI=1S/C8H10Cl3NO/c9-4-5-6-2-1-3-12(6)7(13)8(5,10)11/h5-6H,1-4H2/t5-,6-/m0/s1. The van der Waals surface area contributed by atoms with E-state index in [-0.39, 0.29) is 17.9 Å². The number of amides is 1. The van der Waals surface area contributed by atoms with Gasteiger partial charge in [-0.3, -0.25) is 4.79 Å². The molecule has 2 heterocycles. The van der Waals surface area contributed by atoms with Gasteiger partial charge in [0.1, 0.15) is 0 Å². The maximum Gasteiger partial charge on any atom is 0.259 e. The van der Waals surface area contributed by atoms with Crippen LogP contribution in [0.15, 0.2) is 0 Å². The number of nitrogens with zero attached hydrogens (tertiary/aromatic N) is 1. The molecule has 5 heteroatoms. The zero-order valence-corrected chi connectivity index (χ0v) is 9.24. The van der Waals surface area contributed by atoms with Crippen molar-refractivity contribution >= 4 is 40.7 Å². The third-order valence-electron chi connectivity index (χ3n) is 2.94. The normalized spacial score (nSPS) is 36.8. The molecular weight excluding hydrogens is 232 g/mol. The fourth-order valence-corrected chi connectivity index (χ4v) is 3.51. The lowest BCUT2D eigenvalue weighted by Gasteiger charge is -2.19. The molecule has 0 radical (unpaired) electrons. The molecular formula is C8H10Cl3NO. The Morgan fingerprint density at radius 2 is 2.23 bits per heavy atom. The molecule has 0 aromatic heterocycles. The van der Waals surface area contributed by atoms with E-state index in [1.54, 1.807) is 4.90 Å². The minimum absolute atomic E-state index is 0.118. The van der Waals surface area contributed by atoms with Crippen molar-refractivity contribution in [3.8, 4) is 0 Å². The summed E-state index contributed by atoms with van der Waals surface area (Å²) in [5.74, 6) is 0.0661. The topological polar surface area (TPSA) is 20.3 Å². The first-order valence-corrected chi connectivity index (χ1v) is 5.63. The predicted molar refractivity (Wildman–Crippen MR) is 53.4 cm³/mol. The number of carbonyl (C=O) groups is 1. The first-order valence-electron chi connectivity index (χ1n) is 4.34. The molecule has 2 aliphatic heterocycles. The van der Waals surface area contributed by atoms with E-state index >= 15 is 0 Å². The fourth-order valence-electron chi connectivity index (χ4n) is 2.25. The Morgan fingerprint density at radius 3 is 2.85 bits per heavy atom. The third-order valence-corrected chi connectivity index (χ3v) is 4.16. The summed E-state index contributed by atoms with van der Waals surface area (Å²) >= 11 is 17.7. The maximum absolute atomic E-state index is 11.7. The van der Waals surface area contributed by atoms with Crippen LogP contribution in [-0.2, 0) is 4.79 Å². The van der Waals surface area contributed by atoms with Crippen molar-refractivity contribution in [1.82, 2.24) is 4.90 Å². The van der Waals surface area contributed by atoms with Gasteiger partial charge in [-0.05, 0) is 12.8 Å². The van der Waals surface area contributed by atoms with Crippen molar-refractivity contribution in [2.75, 3.05) is 12.4 Å². The largest absolute Gasteiger partial charge is 0.337 e. The van der Waals surface area contributed by atoms with Gasteiger partial charge in [-0.1, -0.05) is 23.2 Å². The van der Waals surface area contributed by atoms with E-state index in [1.807, 2.05) is 0 Å². The summed E-state index contributed by atoms with van der Waals surface area (Å²) in [6.45, 7) is 0.776. The SMILES string of the molecule is O=C1N2CCC[C@H]2[C@H](CCl)C1(Cl)Cl. The number of fused-ring (bicyclic) bond motifs is 1. The van der Waals surface area contributed by atoms with Gasteiger partial charge in [0.15, 0.2) is 0 Å². The van der Waals surface area contributed by atoms with E-state index in [0.717, 1.165) is 19.4 Å². The number of rotatable bonds is 1. The molecule has 13 heavy (non-hydrogen) atoms. The summed E-state index contributed by atoms with van der Waals surface area (Å²) < 4.78 is -1.28. The van der Waals surface area contributed by atoms with Crippen molar-refractivity contribution in [2.24, 2.45) is 5.92 Å². The van der Waals surface area contributed by atoms with Crippen LogP contribution in [0, 0.1) is 5.92 Å². The van der Waals surface area contributed by atoms with Gasteiger partial charge in [-0.15, -0.1) is 11.6 Å². The van der Waals surface area contributed by atoms with Crippen LogP contribution in [0.4, 0.5) is 0 Å². The van der Waals surface area contributed by atoms with Crippen molar-refractivity contribution in [2.45, 2.75) is 23.2 Å². The van der Waals surface area contributed by atoms with E-state index in [1.165, 1.54) is 0 Å². The van der Waals surface area contributed by atoms with E-state index in [9.17, 15) is 4.79 Å². The van der Waals surface area contributed by atoms with E-state index in [2.05, 4.69) is 0 Å². The van der Waals surface area contributed by atoms with Gasteiger partial charge in [-0.2, -0.15) is 0 Å². The predicted octanol–water partition coefficient (Wildman–Crippen LogP) is 2.02. The minimum Gasteiger partial charge on any atom is -0.337 e. The molecule has 0 unspecified atom stereocenters. The summed E-state index contributed by atoms with van der Waals surface area (Å²) in [5, 5.41) is 0. The molecule has 2 fully saturated rings. The number of hydrogen-bond acceptors (Lipinski definition) is 1. The minimum atomic E-state index is -1.28. The molecule has 2 atom stereocenters. The van der Waals surface area contributed by atoms with Crippen LogP contribution in [0.5, 0.6) is 0 Å². The lowest BCUT2D eigenvalue weighted by Crippen LogP contribution is -2.33. The molecule has 0 aliphatic carbocycles. The Balaban J connectivity index is 2.31. The molecule has 0 N–H and O–H groups in total. The molecule has 2 rings (SSSR count). The number of alkyl halides is 3. The van der Waals surface area contributed by atoms with Crippen LogP contribution < -0.4 is 0 Å². The highest BCUT2D eigenvalue weighted by Gasteiger charge is 2.58. The van der Waals surface area contributed by atoms with Gasteiger partial charge >= 0.3 is 0 Å². The lowest BCUT2D eigenvalue weighted by atomic mass is 10.00. The molecule has 74 valence electrons. The highest BCUT2D eigenvalue weighted by molar-refractivity contribution is 6.59. The summed E-state index contributed by atoms with van der Waals surface area (Å²) in [5.41, 5.74) is 0. The zero-order valence-electron chi connectivity index (χ0n) is 6.97. The zero-order chi connectivity index (χ0) is 9.64. The maximum atomic E-state index is 11.7. The molecule has 2 aliphatic rings. The monoisotopic (exact) mass is 241 g/mol. The number of halogens is 3. The average molecular weight is 243 g/mol. The van der Waals surface area contributed by atoms with E-state index < -0.39 is 4.33 Å². The van der Waals surface area contributed by atoms with Gasteiger partial charge in [0.25, 0.3) is 5.91 Å². The summed E-state index contributed by atoms with van der Waals surface area (Å²) in [6.07, 6.45) is 2.01. The number of carbonyl (C=O) groups excluding carboxylic acids is 1. The van der Waals surface area contributed by atoms with E-state index in [0.29, 0.717) is 5.88 Å². The molecule has 0 aromatic carbocycles. The Kier molecular flexibility index (Phi) is 2.42. The summed E-state index contributed by atoms with van der Waals surface area (Å²) in [7, 11) is 0. The van der Waals surface area contributed by atoms with Crippen molar-refractivity contribution in [3.05, 3.63) is 0 Å². The second-order valence-electron chi connectivity index (χ2n) is 3.59. The molecule has 1 amide bonds. The fraction of sp³-hybridized carbons (Fsp3) is 0.875. The quantitative estimate of drug-likeness (QED) is 0.644. The molecule has 2 nitrogen and oxygen atoms in total. The highest BCUT2D eigenvalue weighted by atomic mass is 35.5. The Bertz CT molecular complexity index is 244. The molecule has 0 aromatic rings. The van der Waals surface area contributed by atoms with Crippen LogP contribution >= 0.6 is 34.8 Å². The Morgan fingerprint density at radius 1 is 1.54 bits per heavy atom. The summed E-state index contributed by atoms with van der Waals surface area (Å²) in [4.78, 5) is 13.5. The molecule has 0 saturated carbocycles. The van der Waals surface area contributed by atoms with Crippen LogP contribution in [0.25, 0.3) is 0 Å². The second-order valence-corrected chi connectivity index (χ2v) is 5.29. The lowest BCUT2D eigenvalue weighted by molar-refractivity contribution is -0.128. The van der Waals surface area contributed by atoms with Crippen LogP contribution in [0.3, 0.4) is 0 Å². The first kappa shape index (κ1) is 9.88. The van der Waals surface area contributed by atoms with Gasteiger partial charge in [0, 0.05) is 24.4 Å². The van der Waals surface area contributed by atoms with Gasteiger partial charge in [0.2, 0.25) is 4.33 Å². The first-order chi connectivity index (χ1) is 6.09. The van der Waals surface area contributed by atoms with Gasteiger partial charge < -0.3 is 4.90 Å². The van der Waals surface area contributed by atoms with Crippen LogP contribution in [0.1, 0.15) is 12.8 Å². The van der Waals surface area contributed by atoms with Crippen molar-refractivity contribution < 1.29 is 4.79 Å². The molecule has 2 saturated heterocycles. The smallest absolute Gasteiger partial charge is 0.259 e. The van der Waals surface area contributed by atoms with Gasteiger partial charge in [0.05, 0.1) is 0 Å². The Labute approximate surface area is 92.1 Å². The van der Waals surface area contributed by atoms with E-state index in [4.69, 9.17) is 34.8 Å². The third kappa shape index (κ3) is 1.26. The Hall–Kier alpha value is 0.340. The molecule has 0 bridgehead atoms. The number of hydrogen-bond donors (Lipinski definition) is 0. The van der Waals surface area contributed by atoms with Gasteiger partial charge in [-0.25, -0.2) is 0 Å². The van der Waals surface area contributed by atoms with Crippen LogP contribution in [-0.4, -0.2) is 33.6 Å². The average Bonchev–Trinajstić information content (AvgIpc) is 2.57. The van der Waals surface area contributed by atoms with Crippen molar-refractivity contribution in [1.29, 1.82) is 0 Å². The summed E-state index contributed by atoms with van der Waals surface area (Å²) in [6, 6.07) is 0.167. The van der Waals surface area contributed by atoms with Crippen molar-refractivity contribution in [3.63, 3.8) is 0 Å². The second kappa shape index (κ2) is 3.18. The highest BCUT2D eigenvalue weighted by Crippen LogP contribution is 2.47.